The van der Waals surface area contributed by atoms with E-state index in [9.17, 15) is 0 Å². The molecule has 0 atom stereocenters. The van der Waals surface area contributed by atoms with Crippen LogP contribution >= 0.6 is 11.3 Å². The van der Waals surface area contributed by atoms with Gasteiger partial charge in [0.05, 0.1) is 10.7 Å². The zero-order valence-electron chi connectivity index (χ0n) is 12.4. The van der Waals surface area contributed by atoms with Crippen molar-refractivity contribution in [1.29, 1.82) is 0 Å². The second-order valence-electron chi connectivity index (χ2n) is 5.29. The number of anilines is 1. The Bertz CT molecular complexity index is 548. The second kappa shape index (κ2) is 6.95. The molecule has 112 valence electrons. The summed E-state index contributed by atoms with van der Waals surface area (Å²) in [4.78, 5) is 18.1. The summed E-state index contributed by atoms with van der Waals surface area (Å²) in [6.07, 6.45) is 5.88. The van der Waals surface area contributed by atoms with Gasteiger partial charge < -0.3 is 4.90 Å². The highest BCUT2D eigenvalue weighted by Crippen LogP contribution is 2.15. The van der Waals surface area contributed by atoms with Gasteiger partial charge >= 0.3 is 0 Å². The third-order valence-electron chi connectivity index (χ3n) is 3.66. The van der Waals surface area contributed by atoms with E-state index in [1.807, 2.05) is 6.07 Å². The molecule has 3 rings (SSSR count). The first-order valence-electron chi connectivity index (χ1n) is 7.52. The van der Waals surface area contributed by atoms with Gasteiger partial charge in [0.15, 0.2) is 0 Å². The summed E-state index contributed by atoms with van der Waals surface area (Å²) in [5.41, 5.74) is 1.22. The topological polar surface area (TPSA) is 45.2 Å². The number of hydrogen-bond donors (Lipinski definition) is 0. The molecule has 6 heteroatoms. The van der Waals surface area contributed by atoms with Gasteiger partial charge in [-0.2, -0.15) is 0 Å². The molecule has 1 aliphatic heterocycles. The van der Waals surface area contributed by atoms with Gasteiger partial charge in [0, 0.05) is 50.5 Å². The van der Waals surface area contributed by atoms with Gasteiger partial charge in [0.25, 0.3) is 0 Å². The van der Waals surface area contributed by atoms with E-state index in [-0.39, 0.29) is 0 Å². The SMILES string of the molecule is CCCc1nc(CN2CCN(c3ncccn3)CC2)cs1. The van der Waals surface area contributed by atoms with Gasteiger partial charge in [-0.25, -0.2) is 15.0 Å². The van der Waals surface area contributed by atoms with E-state index in [4.69, 9.17) is 4.98 Å². The molecular weight excluding hydrogens is 282 g/mol. The van der Waals surface area contributed by atoms with Gasteiger partial charge in [0.1, 0.15) is 0 Å². The zero-order chi connectivity index (χ0) is 14.5. The Morgan fingerprint density at radius 1 is 1.14 bits per heavy atom. The molecule has 0 aromatic carbocycles. The van der Waals surface area contributed by atoms with E-state index in [0.717, 1.165) is 45.1 Å². The zero-order valence-corrected chi connectivity index (χ0v) is 13.2. The van der Waals surface area contributed by atoms with Gasteiger partial charge in [0.2, 0.25) is 5.95 Å². The van der Waals surface area contributed by atoms with Crippen molar-refractivity contribution < 1.29 is 0 Å². The maximum atomic E-state index is 4.71. The van der Waals surface area contributed by atoms with Gasteiger partial charge in [-0.1, -0.05) is 6.92 Å². The molecular formula is C15H21N5S. The van der Waals surface area contributed by atoms with Crippen LogP contribution in [0.15, 0.2) is 23.8 Å². The lowest BCUT2D eigenvalue weighted by molar-refractivity contribution is 0.246. The first kappa shape index (κ1) is 14.4. The minimum Gasteiger partial charge on any atom is -0.338 e. The largest absolute Gasteiger partial charge is 0.338 e. The normalized spacial score (nSPS) is 16.3. The van der Waals surface area contributed by atoms with E-state index >= 15 is 0 Å². The van der Waals surface area contributed by atoms with Gasteiger partial charge in [-0.3, -0.25) is 4.90 Å². The van der Waals surface area contributed by atoms with Crippen LogP contribution in [0.25, 0.3) is 0 Å². The molecule has 3 heterocycles. The van der Waals surface area contributed by atoms with Crippen LogP contribution < -0.4 is 4.90 Å². The van der Waals surface area contributed by atoms with Crippen LogP contribution in [0.3, 0.4) is 0 Å². The van der Waals surface area contributed by atoms with Crippen LogP contribution in [-0.4, -0.2) is 46.0 Å². The van der Waals surface area contributed by atoms with E-state index in [2.05, 4.69) is 32.1 Å². The maximum Gasteiger partial charge on any atom is 0.225 e. The Morgan fingerprint density at radius 3 is 2.62 bits per heavy atom. The Kier molecular flexibility index (Phi) is 4.77. The first-order valence-corrected chi connectivity index (χ1v) is 8.40. The Morgan fingerprint density at radius 2 is 1.90 bits per heavy atom. The number of aryl methyl sites for hydroxylation is 1. The summed E-state index contributed by atoms with van der Waals surface area (Å²) in [6.45, 7) is 7.21. The van der Waals surface area contributed by atoms with Crippen molar-refractivity contribution in [2.24, 2.45) is 0 Å². The predicted octanol–water partition coefficient (Wildman–Crippen LogP) is 2.21. The number of thiazole rings is 1. The minimum absolute atomic E-state index is 0.844. The number of rotatable bonds is 5. The molecule has 0 N–H and O–H groups in total. The van der Waals surface area contributed by atoms with Crippen molar-refractivity contribution >= 4 is 17.3 Å². The summed E-state index contributed by atoms with van der Waals surface area (Å²) in [7, 11) is 0. The third-order valence-corrected chi connectivity index (χ3v) is 4.61. The smallest absolute Gasteiger partial charge is 0.225 e. The average molecular weight is 303 g/mol. The van der Waals surface area contributed by atoms with Crippen molar-refractivity contribution in [3.05, 3.63) is 34.5 Å². The standard InChI is InChI=1S/C15H21N5S/c1-2-4-14-18-13(12-21-14)11-19-7-9-20(10-8-19)15-16-5-3-6-17-15/h3,5-6,12H,2,4,7-11H2,1H3. The lowest BCUT2D eigenvalue weighted by atomic mass is 10.3. The molecule has 0 saturated carbocycles. The summed E-state index contributed by atoms with van der Waals surface area (Å²) >= 11 is 1.79. The molecule has 1 aliphatic rings. The summed E-state index contributed by atoms with van der Waals surface area (Å²) in [6, 6.07) is 1.86. The van der Waals surface area contributed by atoms with Crippen LogP contribution in [0.2, 0.25) is 0 Å². The highest BCUT2D eigenvalue weighted by atomic mass is 32.1. The molecule has 2 aromatic rings. The monoisotopic (exact) mass is 303 g/mol. The third kappa shape index (κ3) is 3.77. The van der Waals surface area contributed by atoms with Crippen molar-refractivity contribution in [3.63, 3.8) is 0 Å². The van der Waals surface area contributed by atoms with Crippen LogP contribution in [0.5, 0.6) is 0 Å². The van der Waals surface area contributed by atoms with Crippen LogP contribution in [0.1, 0.15) is 24.0 Å². The molecule has 0 amide bonds. The van der Waals surface area contributed by atoms with Crippen LogP contribution in [0, 0.1) is 0 Å². The Balaban J connectivity index is 1.51. The van der Waals surface area contributed by atoms with Crippen molar-refractivity contribution in [1.82, 2.24) is 19.9 Å². The number of aromatic nitrogens is 3. The number of piperazine rings is 1. The minimum atomic E-state index is 0.844. The molecule has 0 radical (unpaired) electrons. The maximum absolute atomic E-state index is 4.71. The van der Waals surface area contributed by atoms with Crippen LogP contribution in [0.4, 0.5) is 5.95 Å². The predicted molar refractivity (Wildman–Crippen MR) is 85.6 cm³/mol. The van der Waals surface area contributed by atoms with Crippen LogP contribution in [-0.2, 0) is 13.0 Å². The van der Waals surface area contributed by atoms with Gasteiger partial charge in [-0.15, -0.1) is 11.3 Å². The quantitative estimate of drug-likeness (QED) is 0.847. The fraction of sp³-hybridized carbons (Fsp3) is 0.533. The molecule has 1 fully saturated rings. The molecule has 2 aromatic heterocycles. The Labute approximate surface area is 129 Å². The van der Waals surface area contributed by atoms with Gasteiger partial charge in [-0.05, 0) is 18.9 Å². The highest BCUT2D eigenvalue weighted by molar-refractivity contribution is 7.09. The highest BCUT2D eigenvalue weighted by Gasteiger charge is 2.19. The average Bonchev–Trinajstić information content (AvgIpc) is 2.97. The van der Waals surface area contributed by atoms with Crippen molar-refractivity contribution in [2.75, 3.05) is 31.1 Å². The number of nitrogens with zero attached hydrogens (tertiary/aromatic N) is 5. The summed E-state index contributed by atoms with van der Waals surface area (Å²) in [5, 5.41) is 3.47. The van der Waals surface area contributed by atoms with E-state index in [0.29, 0.717) is 0 Å². The van der Waals surface area contributed by atoms with Crippen molar-refractivity contribution in [3.8, 4) is 0 Å². The molecule has 0 spiro atoms. The Hall–Kier alpha value is -1.53. The van der Waals surface area contributed by atoms with E-state index in [1.165, 1.54) is 17.1 Å². The number of hydrogen-bond acceptors (Lipinski definition) is 6. The summed E-state index contributed by atoms with van der Waals surface area (Å²) in [5.74, 6) is 0.844. The van der Waals surface area contributed by atoms with E-state index < -0.39 is 0 Å². The summed E-state index contributed by atoms with van der Waals surface area (Å²) < 4.78 is 0. The fourth-order valence-electron chi connectivity index (χ4n) is 2.54. The molecule has 0 bridgehead atoms. The molecule has 21 heavy (non-hydrogen) atoms. The molecule has 1 saturated heterocycles. The van der Waals surface area contributed by atoms with E-state index in [1.54, 1.807) is 23.7 Å². The fourth-order valence-corrected chi connectivity index (χ4v) is 3.43. The lowest BCUT2D eigenvalue weighted by Gasteiger charge is -2.34. The first-order chi connectivity index (χ1) is 10.3. The molecule has 0 aliphatic carbocycles. The van der Waals surface area contributed by atoms with Crippen molar-refractivity contribution in [2.45, 2.75) is 26.3 Å². The molecule has 5 nitrogen and oxygen atoms in total. The second-order valence-corrected chi connectivity index (χ2v) is 6.24. The molecule has 0 unspecified atom stereocenters. The lowest BCUT2D eigenvalue weighted by Crippen LogP contribution is -2.46.